The molecule has 1 aliphatic rings. The summed E-state index contributed by atoms with van der Waals surface area (Å²) in [7, 11) is 1.89. The van der Waals surface area contributed by atoms with E-state index < -0.39 is 5.97 Å². The van der Waals surface area contributed by atoms with Crippen LogP contribution in [0.2, 0.25) is 0 Å². The van der Waals surface area contributed by atoms with E-state index in [9.17, 15) is 9.18 Å². The summed E-state index contributed by atoms with van der Waals surface area (Å²) in [6.45, 7) is 1.42. The Hall–Kier alpha value is -1.78. The third-order valence-electron chi connectivity index (χ3n) is 2.94. The van der Waals surface area contributed by atoms with E-state index in [4.69, 9.17) is 5.11 Å². The van der Waals surface area contributed by atoms with Gasteiger partial charge < -0.3 is 14.9 Å². The second kappa shape index (κ2) is 4.61. The van der Waals surface area contributed by atoms with Gasteiger partial charge in [-0.05, 0) is 24.6 Å². The fourth-order valence-corrected chi connectivity index (χ4v) is 2.14. The molecule has 0 aliphatic carbocycles. The average molecular weight is 238 g/mol. The van der Waals surface area contributed by atoms with Crippen molar-refractivity contribution in [2.24, 2.45) is 0 Å². The summed E-state index contributed by atoms with van der Waals surface area (Å²) in [4.78, 5) is 14.5. The van der Waals surface area contributed by atoms with Gasteiger partial charge in [-0.3, -0.25) is 4.79 Å². The highest BCUT2D eigenvalue weighted by Gasteiger charge is 2.20. The van der Waals surface area contributed by atoms with Crippen molar-refractivity contribution < 1.29 is 14.3 Å². The number of fused-ring (bicyclic) bond motifs is 1. The Morgan fingerprint density at radius 3 is 2.88 bits per heavy atom. The van der Waals surface area contributed by atoms with Gasteiger partial charge in [0.25, 0.3) is 0 Å². The summed E-state index contributed by atoms with van der Waals surface area (Å²) >= 11 is 0. The predicted molar refractivity (Wildman–Crippen MR) is 64.1 cm³/mol. The summed E-state index contributed by atoms with van der Waals surface area (Å²) in [6, 6.07) is 4.47. The molecule has 0 saturated carbocycles. The van der Waals surface area contributed by atoms with E-state index in [1.54, 1.807) is 11.0 Å². The van der Waals surface area contributed by atoms with Crippen LogP contribution in [0.25, 0.3) is 0 Å². The molecule has 4 nitrogen and oxygen atoms in total. The Kier molecular flexibility index (Phi) is 3.17. The van der Waals surface area contributed by atoms with Crippen molar-refractivity contribution in [2.45, 2.75) is 6.42 Å². The molecule has 0 radical (unpaired) electrons. The van der Waals surface area contributed by atoms with Crippen molar-refractivity contribution in [2.75, 3.05) is 36.5 Å². The second-order valence-electron chi connectivity index (χ2n) is 4.22. The molecule has 2 rings (SSSR count). The van der Waals surface area contributed by atoms with Crippen LogP contribution in [0, 0.1) is 5.82 Å². The number of carboxylic acid groups (broad SMARTS) is 1. The summed E-state index contributed by atoms with van der Waals surface area (Å²) in [6.07, 6.45) is 0.861. The highest BCUT2D eigenvalue weighted by atomic mass is 19.1. The van der Waals surface area contributed by atoms with Gasteiger partial charge in [0.15, 0.2) is 0 Å². The lowest BCUT2D eigenvalue weighted by Gasteiger charge is -2.24. The number of carbonyl (C=O) groups is 1. The Morgan fingerprint density at radius 2 is 2.18 bits per heavy atom. The van der Waals surface area contributed by atoms with E-state index in [0.717, 1.165) is 24.3 Å². The Labute approximate surface area is 99.3 Å². The molecular weight excluding hydrogens is 223 g/mol. The van der Waals surface area contributed by atoms with E-state index in [-0.39, 0.29) is 12.4 Å². The highest BCUT2D eigenvalue weighted by molar-refractivity contribution is 5.79. The van der Waals surface area contributed by atoms with Crippen molar-refractivity contribution in [1.82, 2.24) is 0 Å². The highest BCUT2D eigenvalue weighted by Crippen LogP contribution is 2.31. The average Bonchev–Trinajstić information content (AvgIpc) is 2.39. The number of hydrogen-bond acceptors (Lipinski definition) is 3. The topological polar surface area (TPSA) is 43.8 Å². The fraction of sp³-hybridized carbons (Fsp3) is 0.417. The van der Waals surface area contributed by atoms with E-state index in [1.807, 2.05) is 11.9 Å². The van der Waals surface area contributed by atoms with Crippen LogP contribution in [-0.2, 0) is 4.79 Å². The first-order chi connectivity index (χ1) is 8.08. The molecule has 0 amide bonds. The molecule has 5 heteroatoms. The minimum atomic E-state index is -0.871. The summed E-state index contributed by atoms with van der Waals surface area (Å²) in [5.41, 5.74) is 1.54. The standard InChI is InChI=1S/C12H15FN2O2/c1-14-5-2-6-15(8-12(16)17)10-4-3-9(13)7-11(10)14/h3-4,7H,2,5-6,8H2,1H3,(H,16,17). The number of hydrogen-bond donors (Lipinski definition) is 1. The number of benzene rings is 1. The minimum absolute atomic E-state index is 0.0491. The van der Waals surface area contributed by atoms with Crippen LogP contribution in [0.15, 0.2) is 18.2 Å². The lowest BCUT2D eigenvalue weighted by molar-refractivity contribution is -0.135. The van der Waals surface area contributed by atoms with Gasteiger partial charge in [0, 0.05) is 20.1 Å². The normalized spacial score (nSPS) is 15.4. The van der Waals surface area contributed by atoms with E-state index in [0.29, 0.717) is 6.54 Å². The van der Waals surface area contributed by atoms with E-state index >= 15 is 0 Å². The zero-order valence-electron chi connectivity index (χ0n) is 9.69. The number of nitrogens with zero attached hydrogens (tertiary/aromatic N) is 2. The zero-order valence-corrected chi connectivity index (χ0v) is 9.69. The van der Waals surface area contributed by atoms with Gasteiger partial charge in [0.05, 0.1) is 11.4 Å². The number of aliphatic carboxylic acids is 1. The molecule has 17 heavy (non-hydrogen) atoms. The van der Waals surface area contributed by atoms with Gasteiger partial charge in [-0.25, -0.2) is 4.39 Å². The van der Waals surface area contributed by atoms with Crippen LogP contribution in [0.5, 0.6) is 0 Å². The van der Waals surface area contributed by atoms with Crippen molar-refractivity contribution in [1.29, 1.82) is 0 Å². The predicted octanol–water partition coefficient (Wildman–Crippen LogP) is 1.56. The zero-order chi connectivity index (χ0) is 12.4. The van der Waals surface area contributed by atoms with Crippen molar-refractivity contribution >= 4 is 17.3 Å². The lowest BCUT2D eigenvalue weighted by Crippen LogP contribution is -2.30. The number of rotatable bonds is 2. The lowest BCUT2D eigenvalue weighted by atomic mass is 10.2. The first kappa shape index (κ1) is 11.7. The second-order valence-corrected chi connectivity index (χ2v) is 4.22. The molecule has 1 aromatic rings. The molecule has 1 heterocycles. The molecule has 1 aromatic carbocycles. The largest absolute Gasteiger partial charge is 0.480 e. The maximum atomic E-state index is 13.2. The number of anilines is 2. The Morgan fingerprint density at radius 1 is 1.41 bits per heavy atom. The third kappa shape index (κ3) is 2.49. The van der Waals surface area contributed by atoms with E-state index in [2.05, 4.69) is 0 Å². The molecule has 0 fully saturated rings. The Bertz CT molecular complexity index is 437. The number of carboxylic acids is 1. The maximum absolute atomic E-state index is 13.2. The maximum Gasteiger partial charge on any atom is 0.323 e. The molecular formula is C12H15FN2O2. The molecule has 92 valence electrons. The van der Waals surface area contributed by atoms with Crippen molar-refractivity contribution in [3.63, 3.8) is 0 Å². The smallest absolute Gasteiger partial charge is 0.323 e. The summed E-state index contributed by atoms with van der Waals surface area (Å²) in [5, 5.41) is 8.87. The first-order valence-electron chi connectivity index (χ1n) is 5.55. The summed E-state index contributed by atoms with van der Waals surface area (Å²) in [5.74, 6) is -1.17. The molecule has 0 atom stereocenters. The van der Waals surface area contributed by atoms with Crippen LogP contribution >= 0.6 is 0 Å². The quantitative estimate of drug-likeness (QED) is 0.849. The molecule has 1 N–H and O–H groups in total. The molecule has 0 spiro atoms. The molecule has 0 aromatic heterocycles. The Balaban J connectivity index is 2.39. The SMILES string of the molecule is CN1CCCN(CC(=O)O)c2ccc(F)cc21. The summed E-state index contributed by atoms with van der Waals surface area (Å²) < 4.78 is 13.2. The minimum Gasteiger partial charge on any atom is -0.480 e. The van der Waals surface area contributed by atoms with Gasteiger partial charge >= 0.3 is 5.97 Å². The fourth-order valence-electron chi connectivity index (χ4n) is 2.14. The van der Waals surface area contributed by atoms with Crippen LogP contribution in [-0.4, -0.2) is 37.8 Å². The molecule has 1 aliphatic heterocycles. The van der Waals surface area contributed by atoms with Gasteiger partial charge in [0.1, 0.15) is 12.4 Å². The van der Waals surface area contributed by atoms with E-state index in [1.165, 1.54) is 12.1 Å². The monoisotopic (exact) mass is 238 g/mol. The molecule has 0 saturated heterocycles. The van der Waals surface area contributed by atoms with Crippen LogP contribution in [0.4, 0.5) is 15.8 Å². The number of halogens is 1. The van der Waals surface area contributed by atoms with Crippen molar-refractivity contribution in [3.8, 4) is 0 Å². The molecule has 0 unspecified atom stereocenters. The van der Waals surface area contributed by atoms with Gasteiger partial charge in [-0.2, -0.15) is 0 Å². The van der Waals surface area contributed by atoms with Gasteiger partial charge in [0.2, 0.25) is 0 Å². The van der Waals surface area contributed by atoms with Crippen molar-refractivity contribution in [3.05, 3.63) is 24.0 Å². The van der Waals surface area contributed by atoms with Crippen LogP contribution in [0.1, 0.15) is 6.42 Å². The first-order valence-corrected chi connectivity index (χ1v) is 5.55. The third-order valence-corrected chi connectivity index (χ3v) is 2.94. The van der Waals surface area contributed by atoms with Gasteiger partial charge in [-0.15, -0.1) is 0 Å². The van der Waals surface area contributed by atoms with Gasteiger partial charge in [-0.1, -0.05) is 0 Å². The molecule has 0 bridgehead atoms. The van der Waals surface area contributed by atoms with Crippen LogP contribution < -0.4 is 9.80 Å². The van der Waals surface area contributed by atoms with Crippen LogP contribution in [0.3, 0.4) is 0 Å².